The summed E-state index contributed by atoms with van der Waals surface area (Å²) >= 11 is 0. The highest BCUT2D eigenvalue weighted by molar-refractivity contribution is 7.87. The monoisotopic (exact) mass is 430 g/mol. The van der Waals surface area contributed by atoms with E-state index in [2.05, 4.69) is 0 Å². The van der Waals surface area contributed by atoms with Crippen LogP contribution in [-0.4, -0.2) is 16.7 Å². The molecule has 0 N–H and O–H groups in total. The zero-order chi connectivity index (χ0) is 20.9. The van der Waals surface area contributed by atoms with Crippen molar-refractivity contribution in [2.75, 3.05) is 0 Å². The molecule has 0 fully saturated rings. The van der Waals surface area contributed by atoms with Gasteiger partial charge in [-0.1, -0.05) is 121 Å². The average molecular weight is 431 g/mol. The van der Waals surface area contributed by atoms with Gasteiger partial charge in [-0.25, -0.2) is 0 Å². The van der Waals surface area contributed by atoms with Crippen LogP contribution < -0.4 is 15.6 Å². The first kappa shape index (κ1) is 20.3. The third-order valence-corrected chi connectivity index (χ3v) is 11.1. The van der Waals surface area contributed by atoms with Crippen LogP contribution in [-0.2, 0) is 19.7 Å². The highest BCUT2D eigenvalue weighted by Gasteiger charge is 2.45. The summed E-state index contributed by atoms with van der Waals surface area (Å²) in [6.45, 7) is 0. The van der Waals surface area contributed by atoms with Gasteiger partial charge in [0.25, 0.3) is 10.1 Å². The van der Waals surface area contributed by atoms with Gasteiger partial charge in [0.2, 0.25) is 0 Å². The fourth-order valence-electron chi connectivity index (χ4n) is 3.66. The molecule has 3 nitrogen and oxygen atoms in total. The van der Waals surface area contributed by atoms with Crippen LogP contribution >= 0.6 is 0 Å². The Morgan fingerprint density at radius 1 is 0.533 bits per heavy atom. The Morgan fingerprint density at radius 3 is 1.23 bits per heavy atom. The number of hydrogen-bond donors (Lipinski definition) is 0. The summed E-state index contributed by atoms with van der Waals surface area (Å²) in [6.07, 6.45) is 0. The lowest BCUT2D eigenvalue weighted by molar-refractivity contribution is 0.492. The van der Waals surface area contributed by atoms with E-state index >= 15 is 0 Å². The maximum absolute atomic E-state index is 13.3. The molecule has 0 saturated heterocycles. The number of hydrogen-bond acceptors (Lipinski definition) is 3. The number of rotatable bonds is 7. The lowest BCUT2D eigenvalue weighted by Crippen LogP contribution is -2.70. The van der Waals surface area contributed by atoms with Crippen molar-refractivity contribution >= 4 is 34.0 Å². The first-order valence-corrected chi connectivity index (χ1v) is 13.2. The first-order chi connectivity index (χ1) is 14.6. The third-order valence-electron chi connectivity index (χ3n) is 4.98. The second-order valence-corrected chi connectivity index (χ2v) is 12.2. The van der Waals surface area contributed by atoms with E-state index in [-0.39, 0.29) is 5.75 Å². The maximum atomic E-state index is 13.3. The van der Waals surface area contributed by atoms with Gasteiger partial charge in [-0.15, -0.1) is 0 Å². The normalized spacial score (nSPS) is 11.9. The van der Waals surface area contributed by atoms with Crippen LogP contribution in [0.3, 0.4) is 0 Å². The summed E-state index contributed by atoms with van der Waals surface area (Å²) < 4.78 is 33.0. The van der Waals surface area contributed by atoms with Gasteiger partial charge >= 0.3 is 8.32 Å². The van der Waals surface area contributed by atoms with Crippen molar-refractivity contribution in [2.45, 2.75) is 5.75 Å². The molecule has 150 valence electrons. The highest BCUT2D eigenvalue weighted by Crippen LogP contribution is 2.16. The largest absolute Gasteiger partial charge is 0.309 e. The summed E-state index contributed by atoms with van der Waals surface area (Å²) in [5, 5.41) is 2.66. The molecule has 30 heavy (non-hydrogen) atoms. The zero-order valence-corrected chi connectivity index (χ0v) is 18.2. The molecule has 4 rings (SSSR count). The Morgan fingerprint density at radius 2 is 0.867 bits per heavy atom. The van der Waals surface area contributed by atoms with Crippen molar-refractivity contribution in [1.29, 1.82) is 0 Å². The molecule has 4 aromatic carbocycles. The topological polar surface area (TPSA) is 43.4 Å². The Balaban J connectivity index is 1.91. The van der Waals surface area contributed by atoms with Crippen LogP contribution in [0.25, 0.3) is 0 Å². The van der Waals surface area contributed by atoms with Gasteiger partial charge in [-0.3, -0.25) is 3.87 Å². The quantitative estimate of drug-likeness (QED) is 0.334. The van der Waals surface area contributed by atoms with E-state index in [1.165, 1.54) is 0 Å². The van der Waals surface area contributed by atoms with Gasteiger partial charge < -0.3 is 0 Å². The molecule has 5 heteroatoms. The van der Waals surface area contributed by atoms with Crippen molar-refractivity contribution < 1.29 is 12.3 Å². The van der Waals surface area contributed by atoms with Crippen molar-refractivity contribution in [2.24, 2.45) is 0 Å². The third kappa shape index (κ3) is 4.28. The zero-order valence-electron chi connectivity index (χ0n) is 16.4. The van der Waals surface area contributed by atoms with Crippen molar-refractivity contribution in [3.63, 3.8) is 0 Å². The van der Waals surface area contributed by atoms with Crippen LogP contribution in [0.4, 0.5) is 0 Å². The van der Waals surface area contributed by atoms with Crippen LogP contribution in [0.15, 0.2) is 121 Å². The van der Waals surface area contributed by atoms with Crippen molar-refractivity contribution in [3.05, 3.63) is 127 Å². The Hall–Kier alpha value is -2.99. The smallest absolute Gasteiger partial charge is 0.297 e. The molecule has 0 spiro atoms. The molecule has 0 aliphatic carbocycles. The van der Waals surface area contributed by atoms with Gasteiger partial charge in [0.15, 0.2) is 0 Å². The summed E-state index contributed by atoms with van der Waals surface area (Å²) in [4.78, 5) is 0. The molecule has 0 aliphatic rings. The van der Waals surface area contributed by atoms with E-state index in [9.17, 15) is 8.42 Å². The minimum atomic E-state index is -3.87. The Kier molecular flexibility index (Phi) is 5.95. The second-order valence-electron chi connectivity index (χ2n) is 7.05. The molecule has 0 aliphatic heterocycles. The molecule has 0 amide bonds. The lowest BCUT2D eigenvalue weighted by atomic mass is 10.2. The Bertz CT molecular complexity index is 1080. The van der Waals surface area contributed by atoms with Gasteiger partial charge in [0.1, 0.15) is 0 Å². The lowest BCUT2D eigenvalue weighted by Gasteiger charge is -2.32. The van der Waals surface area contributed by atoms with Crippen LogP contribution in [0.5, 0.6) is 0 Å². The maximum Gasteiger partial charge on any atom is 0.309 e. The molecule has 0 bridgehead atoms. The van der Waals surface area contributed by atoms with E-state index in [1.807, 2.05) is 109 Å². The van der Waals surface area contributed by atoms with E-state index in [1.54, 1.807) is 12.1 Å². The highest BCUT2D eigenvalue weighted by atomic mass is 32.2. The predicted octanol–water partition coefficient (Wildman–Crippen LogP) is 3.20. The molecule has 0 heterocycles. The van der Waals surface area contributed by atoms with Crippen molar-refractivity contribution in [1.82, 2.24) is 0 Å². The average Bonchev–Trinajstić information content (AvgIpc) is 2.80. The van der Waals surface area contributed by atoms with Crippen LogP contribution in [0, 0.1) is 0 Å². The van der Waals surface area contributed by atoms with Crippen LogP contribution in [0.2, 0.25) is 0 Å². The molecule has 0 unspecified atom stereocenters. The fraction of sp³-hybridized carbons (Fsp3) is 0.0400. The van der Waals surface area contributed by atoms with E-state index in [0.29, 0.717) is 5.56 Å². The summed E-state index contributed by atoms with van der Waals surface area (Å²) in [5.41, 5.74) is 0.703. The summed E-state index contributed by atoms with van der Waals surface area (Å²) in [7, 11) is -7.18. The van der Waals surface area contributed by atoms with Gasteiger partial charge in [0.05, 0.1) is 5.75 Å². The summed E-state index contributed by atoms with van der Waals surface area (Å²) in [6, 6.07) is 38.3. The number of benzene rings is 4. The Labute approximate surface area is 178 Å². The molecule has 0 atom stereocenters. The van der Waals surface area contributed by atoms with E-state index < -0.39 is 18.4 Å². The molecule has 0 radical (unpaired) electrons. The molecular formula is C25H22O3SSi. The standard InChI is InChI=1S/C25H22O3SSi/c26-29(27,21-22-13-5-1-6-14-22)28-30(23-15-7-2-8-16-23,24-17-9-3-10-18-24)25-19-11-4-12-20-25/h1-20H,21H2. The van der Waals surface area contributed by atoms with Crippen LogP contribution in [0.1, 0.15) is 5.56 Å². The summed E-state index contributed by atoms with van der Waals surface area (Å²) in [5.74, 6) is -0.172. The van der Waals surface area contributed by atoms with Crippen molar-refractivity contribution in [3.8, 4) is 0 Å². The first-order valence-electron chi connectivity index (χ1n) is 9.74. The minimum absolute atomic E-state index is 0.172. The molecule has 0 saturated carbocycles. The SMILES string of the molecule is O=S(=O)(Cc1ccccc1)O[Si](c1ccccc1)(c1ccccc1)c1ccccc1. The predicted molar refractivity (Wildman–Crippen MR) is 124 cm³/mol. The van der Waals surface area contributed by atoms with E-state index in [0.717, 1.165) is 15.6 Å². The fourth-order valence-corrected chi connectivity index (χ4v) is 10.2. The molecule has 4 aromatic rings. The minimum Gasteiger partial charge on any atom is -0.297 e. The van der Waals surface area contributed by atoms with E-state index in [4.69, 9.17) is 3.87 Å². The van der Waals surface area contributed by atoms with Gasteiger partial charge in [-0.2, -0.15) is 8.42 Å². The molecule has 0 aromatic heterocycles. The molecular weight excluding hydrogens is 408 g/mol. The van der Waals surface area contributed by atoms with Gasteiger partial charge in [-0.05, 0) is 21.1 Å². The van der Waals surface area contributed by atoms with Gasteiger partial charge in [0, 0.05) is 0 Å². The second kappa shape index (κ2) is 8.79.